The highest BCUT2D eigenvalue weighted by molar-refractivity contribution is 8.00. The van der Waals surface area contributed by atoms with Crippen LogP contribution in [-0.4, -0.2) is 191 Å². The van der Waals surface area contributed by atoms with Crippen LogP contribution in [0.3, 0.4) is 0 Å². The minimum atomic E-state index is -2.33. The van der Waals surface area contributed by atoms with Gasteiger partial charge in [0.05, 0.1) is 74.0 Å². The van der Waals surface area contributed by atoms with Gasteiger partial charge in [-0.1, -0.05) is 35.3 Å². The first-order valence-corrected chi connectivity index (χ1v) is 31.4. The number of thioether (sulfide) groups is 3. The van der Waals surface area contributed by atoms with Crippen LogP contribution in [0.4, 0.5) is 52.7 Å². The number of halogens is 12. The van der Waals surface area contributed by atoms with Crippen molar-refractivity contribution in [3.63, 3.8) is 0 Å². The van der Waals surface area contributed by atoms with Gasteiger partial charge in [0, 0.05) is 56.5 Å². The van der Waals surface area contributed by atoms with Crippen LogP contribution in [0.2, 0.25) is 0 Å². The zero-order valence-electron chi connectivity index (χ0n) is 48.9. The lowest BCUT2D eigenvalue weighted by molar-refractivity contribution is -0.671. The molecule has 0 amide bonds. The number of aromatic nitrogens is 5. The topological polar surface area (TPSA) is 332 Å². The molecule has 0 saturated carbocycles. The summed E-state index contributed by atoms with van der Waals surface area (Å²) in [6, 6.07) is 7.03. The van der Waals surface area contributed by atoms with E-state index in [0.717, 1.165) is 36.4 Å². The van der Waals surface area contributed by atoms with E-state index in [4.69, 9.17) is 14.2 Å². The van der Waals surface area contributed by atoms with E-state index in [2.05, 4.69) is 19.9 Å². The van der Waals surface area contributed by atoms with Crippen LogP contribution in [0, 0.1) is 69.8 Å². The number of fused-ring (bicyclic) bond motifs is 8. The van der Waals surface area contributed by atoms with Crippen molar-refractivity contribution >= 4 is 81.7 Å². The normalized spacial score (nSPS) is 26.5. The van der Waals surface area contributed by atoms with Crippen LogP contribution in [0.1, 0.15) is 22.8 Å². The van der Waals surface area contributed by atoms with E-state index >= 15 is 52.7 Å². The number of aliphatic hydroxyl groups excluding tert-OH is 12. The average Bonchev–Trinajstić information content (AvgIpc) is 1.70. The first kappa shape index (κ1) is 69.9. The maximum absolute atomic E-state index is 17.4. The Morgan fingerprint density at radius 3 is 0.856 bits per heavy atom. The molecule has 0 aliphatic carbocycles. The van der Waals surface area contributed by atoms with Gasteiger partial charge >= 0.3 is 0 Å². The summed E-state index contributed by atoms with van der Waals surface area (Å²) < 4.78 is 223. The highest BCUT2D eigenvalue weighted by Gasteiger charge is 2.49. The molecule has 0 unspecified atom stereocenters. The van der Waals surface area contributed by atoms with Crippen LogP contribution in [-0.2, 0) is 21.3 Å². The van der Waals surface area contributed by atoms with Crippen molar-refractivity contribution in [1.82, 2.24) is 19.9 Å². The van der Waals surface area contributed by atoms with E-state index in [-0.39, 0.29) is 57.6 Å². The monoisotopic (exact) mass is 1430 g/mol. The fourth-order valence-corrected chi connectivity index (χ4v) is 15.0. The summed E-state index contributed by atoms with van der Waals surface area (Å²) in [7, 11) is 1.62. The smallest absolute Gasteiger partial charge is 0.176 e. The summed E-state index contributed by atoms with van der Waals surface area (Å²) in [4.78, 5) is 9.84. The number of aliphatic hydroxyl groups is 12. The maximum Gasteiger partial charge on any atom is 0.176 e. The second kappa shape index (κ2) is 27.3. The molecule has 3 saturated heterocycles. The van der Waals surface area contributed by atoms with Crippen molar-refractivity contribution in [1.29, 1.82) is 0 Å². The molecule has 9 heterocycles. The van der Waals surface area contributed by atoms with Gasteiger partial charge in [-0.25, -0.2) is 67.2 Å². The Labute approximate surface area is 549 Å². The number of rotatable bonds is 13. The molecular weight excluding hydrogens is 1380 g/mol. The van der Waals surface area contributed by atoms with Crippen LogP contribution >= 0.6 is 35.3 Å². The second-order valence-corrected chi connectivity index (χ2v) is 25.9. The number of aryl methyl sites for hydroxylation is 1. The van der Waals surface area contributed by atoms with Gasteiger partial charge in [-0.15, -0.1) is 0 Å². The van der Waals surface area contributed by atoms with Crippen molar-refractivity contribution < 1.29 is 133 Å². The molecule has 35 heteroatoms. The zero-order valence-corrected chi connectivity index (χ0v) is 51.4. The number of hydrogen-bond acceptors (Lipinski definition) is 20. The molecule has 12 rings (SSSR count). The summed E-state index contributed by atoms with van der Waals surface area (Å²) >= 11 is -0.676. The number of nitrogens with one attached hydrogen (secondary N) is 2. The number of hydrogen-bond donors (Lipinski definition) is 14. The first-order valence-electron chi connectivity index (χ1n) is 28.7. The predicted molar refractivity (Wildman–Crippen MR) is 320 cm³/mol. The van der Waals surface area contributed by atoms with Crippen molar-refractivity contribution in [2.75, 3.05) is 19.8 Å². The number of aromatic amines is 2. The summed E-state index contributed by atoms with van der Waals surface area (Å²) in [6.45, 7) is -3.10. The predicted octanol–water partition coefficient (Wildman–Crippen LogP) is 5.49. The third kappa shape index (κ3) is 12.0. The fourth-order valence-electron chi connectivity index (χ4n) is 11.6. The Morgan fingerprint density at radius 2 is 0.598 bits per heavy atom. The van der Waals surface area contributed by atoms with E-state index in [1.54, 1.807) is 11.6 Å². The number of benzene rings is 3. The van der Waals surface area contributed by atoms with E-state index in [0.29, 0.717) is 0 Å². The van der Waals surface area contributed by atoms with Gasteiger partial charge in [0.15, 0.2) is 82.2 Å². The molecule has 3 fully saturated rings. The Bertz CT molecular complexity index is 4360. The van der Waals surface area contributed by atoms with Crippen molar-refractivity contribution in [2.24, 2.45) is 7.05 Å². The largest absolute Gasteiger partial charge is 0.394 e. The molecule has 7 aromatic rings. The number of H-pyrrole nitrogens is 2. The van der Waals surface area contributed by atoms with Crippen LogP contribution < -0.4 is 4.57 Å². The van der Waals surface area contributed by atoms with Crippen LogP contribution in [0.25, 0.3) is 90.9 Å². The van der Waals surface area contributed by atoms with Gasteiger partial charge in [0.25, 0.3) is 0 Å². The molecule has 20 nitrogen and oxygen atoms in total. The Balaban J connectivity index is 1.16. The highest BCUT2D eigenvalue weighted by Crippen LogP contribution is 2.49. The zero-order chi connectivity index (χ0) is 69.8. The first-order chi connectivity index (χ1) is 46.1. The van der Waals surface area contributed by atoms with Gasteiger partial charge in [0.1, 0.15) is 96.6 Å². The van der Waals surface area contributed by atoms with Gasteiger partial charge in [-0.2, -0.15) is 0 Å². The summed E-state index contributed by atoms with van der Waals surface area (Å²) in [5.74, 6) is -26.8. The highest BCUT2D eigenvalue weighted by atomic mass is 32.2. The van der Waals surface area contributed by atoms with Gasteiger partial charge in [-0.3, -0.25) is 0 Å². The lowest BCUT2D eigenvalue weighted by Gasteiger charge is -2.39. The molecule has 14 N–H and O–H groups in total. The summed E-state index contributed by atoms with van der Waals surface area (Å²) in [6.07, 6.45) is -17.1. The molecule has 0 radical (unpaired) electrons. The van der Waals surface area contributed by atoms with Crippen molar-refractivity contribution in [3.8, 4) is 44.5 Å². The minimum absolute atomic E-state index is 0.000151. The molecule has 97 heavy (non-hydrogen) atoms. The molecule has 514 valence electrons. The molecule has 0 spiro atoms. The molecular formula is C62H50F12N5O15S3+. The Kier molecular flexibility index (Phi) is 19.7. The van der Waals surface area contributed by atoms with Crippen LogP contribution in [0.15, 0.2) is 63.5 Å². The number of ether oxygens (including phenoxy) is 3. The lowest BCUT2D eigenvalue weighted by atomic mass is 10.0. The molecule has 5 aliphatic heterocycles. The SMILES string of the molecule is C[n+]1ccc(-c2c3nc(c(-c4c(F)c(F)c(S[C@@H]5O[C@H](CO)[C@@H](O)[C@H](O)[C@H]5O)c(F)c4F)c4ccc([nH]4)c(-c4c(F)c(F)c(S[C@@H]5O[C@H](CO)[C@@H](O)[C@H](O)[C@H]5O)c(F)c4F)c4nc(c(-c5c(F)c(F)c(S[C@@H]6O[C@H](CO)[C@@H](O)[C@H](O)[C@H]6O)c(F)c5F)c5ccc2[nH]5)C=C4)C=C3)cc1. The molecule has 5 aliphatic rings. The average molecular weight is 1430 g/mol. The van der Waals surface area contributed by atoms with Crippen molar-refractivity contribution in [3.05, 3.63) is 141 Å². The summed E-state index contributed by atoms with van der Waals surface area (Å²) in [5, 5.41) is 124. The second-order valence-electron chi connectivity index (χ2n) is 22.6. The minimum Gasteiger partial charge on any atom is -0.394 e. The van der Waals surface area contributed by atoms with Gasteiger partial charge < -0.3 is 85.5 Å². The molecule has 8 bridgehead atoms. The standard InChI is InChI=1S/C62H49F12N5O15S3/c1-79-12-10-17(11-13-79)29-18-2-4-20(75-18)30(33-36(63)42(69)57(43(70)37(33)64)95-60-54(89)51(86)48(83)26(14-80)92-60)22-6-8-24(77-22)32(35-40(67)46(73)59(47(74)41(35)68)97-62-56(91)53(88)50(85)28(16-82)94-62)25-9-7-23(78-25)31(21-5-3-19(29)76-21)34-38(65)44(71)58(45(72)39(34)66)96-61-55(90)52(87)49(84)27(15-81)93-61/h2-13,26-28,48-56,60-62,80-91H,14-16H2,1H3,(H,75,76,77,78)/p+1/t26-,27-,28-,48-,49-,50-,51+,52+,53+,54-,55-,56-,60+,61+,62+/m1/s1. The van der Waals surface area contributed by atoms with E-state index in [1.807, 2.05) is 0 Å². The third-order valence-electron chi connectivity index (χ3n) is 16.7. The third-order valence-corrected chi connectivity index (χ3v) is 20.3. The molecule has 15 atom stereocenters. The van der Waals surface area contributed by atoms with Gasteiger partial charge in [-0.05, 0) is 54.1 Å². The molecule has 4 aromatic heterocycles. The Hall–Kier alpha value is -6.98. The van der Waals surface area contributed by atoms with Crippen LogP contribution in [0.5, 0.6) is 0 Å². The Morgan fingerprint density at radius 1 is 0.351 bits per heavy atom. The fraction of sp³-hybridized carbons (Fsp3) is 0.306. The lowest BCUT2D eigenvalue weighted by Crippen LogP contribution is -2.57. The maximum atomic E-state index is 17.4. The summed E-state index contributed by atoms with van der Waals surface area (Å²) in [5.41, 5.74) is -18.4. The number of nitrogens with zero attached hydrogens (tertiary/aromatic N) is 3. The van der Waals surface area contributed by atoms with Gasteiger partial charge in [0.2, 0.25) is 0 Å². The quantitative estimate of drug-likeness (QED) is 0.0385. The van der Waals surface area contributed by atoms with E-state index in [9.17, 15) is 61.3 Å². The van der Waals surface area contributed by atoms with Crippen molar-refractivity contribution in [2.45, 2.75) is 104 Å². The van der Waals surface area contributed by atoms with E-state index < -0.39 is 261 Å². The van der Waals surface area contributed by atoms with E-state index in [1.165, 1.54) is 36.7 Å². The number of pyridine rings is 1. The molecule has 3 aromatic carbocycles.